The molecule has 0 heterocycles. The molecule has 2 aromatic carbocycles. The monoisotopic (exact) mass is 406 g/mol. The number of thiocarbonyl (C=S) groups is 1. The van der Waals surface area contributed by atoms with Crippen molar-refractivity contribution >= 4 is 46.4 Å². The molecule has 2 N–H and O–H groups in total. The number of halogens is 1. The summed E-state index contributed by atoms with van der Waals surface area (Å²) < 4.78 is 5.45. The zero-order chi connectivity index (χ0) is 18.6. The number of hydrogen-bond donors (Lipinski definition) is 2. The molecule has 0 atom stereocenters. The van der Waals surface area contributed by atoms with Crippen molar-refractivity contribution in [2.45, 2.75) is 12.2 Å². The van der Waals surface area contributed by atoms with Gasteiger partial charge in [0.1, 0.15) is 12.4 Å². The molecule has 0 spiro atoms. The highest BCUT2D eigenvalue weighted by atomic mass is 35.5. The van der Waals surface area contributed by atoms with Crippen LogP contribution in [0.1, 0.15) is 12.0 Å². The molecule has 0 aliphatic heterocycles. The topological polar surface area (TPSA) is 33.3 Å². The molecule has 2 rings (SSSR count). The lowest BCUT2D eigenvalue weighted by Crippen LogP contribution is -2.29. The van der Waals surface area contributed by atoms with Crippen LogP contribution in [0.15, 0.2) is 61.2 Å². The lowest BCUT2D eigenvalue weighted by atomic mass is 10.2. The highest BCUT2D eigenvalue weighted by Crippen LogP contribution is 2.17. The highest BCUT2D eigenvalue weighted by molar-refractivity contribution is 7.98. The highest BCUT2D eigenvalue weighted by Gasteiger charge is 1.99. The average Bonchev–Trinajstić information content (AvgIpc) is 2.65. The first-order valence-corrected chi connectivity index (χ1v) is 10.3. The molecular formula is C20H23ClN2OS2. The summed E-state index contributed by atoms with van der Waals surface area (Å²) >= 11 is 13.1. The number of anilines is 1. The number of ether oxygens (including phenoxy) is 1. The van der Waals surface area contributed by atoms with Gasteiger partial charge in [-0.25, -0.2) is 0 Å². The molecule has 138 valence electrons. The maximum atomic E-state index is 5.89. The predicted octanol–water partition coefficient (Wildman–Crippen LogP) is 5.51. The first-order valence-electron chi connectivity index (χ1n) is 8.38. The number of benzene rings is 2. The van der Waals surface area contributed by atoms with E-state index in [4.69, 9.17) is 28.6 Å². The first-order chi connectivity index (χ1) is 12.7. The standard InChI is InChI=1S/C20H23ClN2OS2/c1-2-13-24-19-10-8-18(9-11-19)23-20(25)22-12-3-14-26-15-16-4-6-17(21)7-5-16/h2,4-11H,1,3,12-15H2,(H2,22,23,25). The molecule has 0 saturated heterocycles. The van der Waals surface area contributed by atoms with E-state index in [9.17, 15) is 0 Å². The SMILES string of the molecule is C=CCOc1ccc(NC(=S)NCCCSCc2ccc(Cl)cc2)cc1. The Hall–Kier alpha value is -1.69. The molecule has 2 aromatic rings. The molecule has 3 nitrogen and oxygen atoms in total. The van der Waals surface area contributed by atoms with Gasteiger partial charge in [0.05, 0.1) is 0 Å². The molecule has 6 heteroatoms. The van der Waals surface area contributed by atoms with Crippen LogP contribution in [0, 0.1) is 0 Å². The van der Waals surface area contributed by atoms with E-state index in [1.807, 2.05) is 48.2 Å². The zero-order valence-corrected chi connectivity index (χ0v) is 16.9. The third kappa shape index (κ3) is 8.13. The maximum absolute atomic E-state index is 5.89. The quantitative estimate of drug-likeness (QED) is 0.308. The van der Waals surface area contributed by atoms with Crippen molar-refractivity contribution in [2.75, 3.05) is 24.2 Å². The molecular weight excluding hydrogens is 384 g/mol. The summed E-state index contributed by atoms with van der Waals surface area (Å²) in [4.78, 5) is 0. The Kier molecular flexibility index (Phi) is 9.39. The van der Waals surface area contributed by atoms with Crippen LogP contribution < -0.4 is 15.4 Å². The van der Waals surface area contributed by atoms with Gasteiger partial charge in [-0.2, -0.15) is 11.8 Å². The Bertz CT molecular complexity index is 690. The molecule has 0 saturated carbocycles. The largest absolute Gasteiger partial charge is 0.490 e. The second-order valence-corrected chi connectivity index (χ2v) is 7.49. The Morgan fingerprint density at radius 2 is 1.88 bits per heavy atom. The van der Waals surface area contributed by atoms with Crippen LogP contribution in [0.4, 0.5) is 5.69 Å². The second-order valence-electron chi connectivity index (χ2n) is 5.54. The molecule has 26 heavy (non-hydrogen) atoms. The fourth-order valence-electron chi connectivity index (χ4n) is 2.11. The minimum absolute atomic E-state index is 0.503. The van der Waals surface area contributed by atoms with E-state index in [0.29, 0.717) is 11.7 Å². The molecule has 0 aromatic heterocycles. The third-order valence-corrected chi connectivity index (χ3v) is 5.03. The minimum atomic E-state index is 0.503. The van der Waals surface area contributed by atoms with Gasteiger partial charge in [0.2, 0.25) is 0 Å². The van der Waals surface area contributed by atoms with Crippen LogP contribution in [0.2, 0.25) is 5.02 Å². The van der Waals surface area contributed by atoms with Gasteiger partial charge in [-0.05, 0) is 66.4 Å². The van der Waals surface area contributed by atoms with Crippen LogP contribution in [-0.4, -0.2) is 24.0 Å². The molecule has 0 aliphatic carbocycles. The Morgan fingerprint density at radius 1 is 1.15 bits per heavy atom. The summed E-state index contributed by atoms with van der Waals surface area (Å²) in [6.45, 7) is 4.98. The summed E-state index contributed by atoms with van der Waals surface area (Å²) in [7, 11) is 0. The fourth-order valence-corrected chi connectivity index (χ4v) is 3.38. The van der Waals surface area contributed by atoms with Crippen LogP contribution >= 0.6 is 35.6 Å². The third-order valence-electron chi connectivity index (χ3n) is 3.41. The van der Waals surface area contributed by atoms with Crippen LogP contribution in [0.25, 0.3) is 0 Å². The number of rotatable bonds is 10. The fraction of sp³-hybridized carbons (Fsp3) is 0.250. The van der Waals surface area contributed by atoms with Crippen molar-refractivity contribution in [3.8, 4) is 5.75 Å². The van der Waals surface area contributed by atoms with Crippen LogP contribution in [0.5, 0.6) is 5.75 Å². The summed E-state index contributed by atoms with van der Waals surface area (Å²) in [5.74, 6) is 2.89. The molecule has 0 bridgehead atoms. The van der Waals surface area contributed by atoms with Crippen molar-refractivity contribution in [3.63, 3.8) is 0 Å². The molecule has 0 aliphatic rings. The lowest BCUT2D eigenvalue weighted by molar-refractivity contribution is 0.363. The maximum Gasteiger partial charge on any atom is 0.170 e. The van der Waals surface area contributed by atoms with Gasteiger partial charge < -0.3 is 15.4 Å². The minimum Gasteiger partial charge on any atom is -0.490 e. The van der Waals surface area contributed by atoms with Crippen molar-refractivity contribution < 1.29 is 4.74 Å². The smallest absolute Gasteiger partial charge is 0.170 e. The average molecular weight is 407 g/mol. The van der Waals surface area contributed by atoms with Crippen molar-refractivity contribution in [1.29, 1.82) is 0 Å². The Morgan fingerprint density at radius 3 is 2.58 bits per heavy atom. The van der Waals surface area contributed by atoms with Gasteiger partial charge in [0.25, 0.3) is 0 Å². The Balaban J connectivity index is 1.57. The van der Waals surface area contributed by atoms with Crippen molar-refractivity contribution in [3.05, 3.63) is 71.8 Å². The normalized spacial score (nSPS) is 10.2. The van der Waals surface area contributed by atoms with E-state index in [2.05, 4.69) is 29.3 Å². The molecule has 0 unspecified atom stereocenters. The van der Waals surface area contributed by atoms with Crippen molar-refractivity contribution in [2.24, 2.45) is 0 Å². The van der Waals surface area contributed by atoms with E-state index in [1.54, 1.807) is 6.08 Å². The molecule has 0 radical (unpaired) electrons. The van der Waals surface area contributed by atoms with Crippen molar-refractivity contribution in [1.82, 2.24) is 5.32 Å². The van der Waals surface area contributed by atoms with Gasteiger partial charge in [-0.1, -0.05) is 36.4 Å². The Labute approximate surface area is 170 Å². The van der Waals surface area contributed by atoms with Gasteiger partial charge in [0.15, 0.2) is 5.11 Å². The van der Waals surface area contributed by atoms with E-state index >= 15 is 0 Å². The molecule has 0 fully saturated rings. The predicted molar refractivity (Wildman–Crippen MR) is 119 cm³/mol. The second kappa shape index (κ2) is 11.8. The first kappa shape index (κ1) is 20.6. The molecule has 0 amide bonds. The summed E-state index contributed by atoms with van der Waals surface area (Å²) in [5, 5.41) is 7.82. The van der Waals surface area contributed by atoms with Gasteiger partial charge in [0, 0.05) is 23.0 Å². The van der Waals surface area contributed by atoms with Crippen LogP contribution in [0.3, 0.4) is 0 Å². The van der Waals surface area contributed by atoms with E-state index < -0.39 is 0 Å². The number of hydrogen-bond acceptors (Lipinski definition) is 3. The number of nitrogens with one attached hydrogen (secondary N) is 2. The van der Waals surface area contributed by atoms with Gasteiger partial charge >= 0.3 is 0 Å². The van der Waals surface area contributed by atoms with Gasteiger partial charge in [-0.15, -0.1) is 0 Å². The lowest BCUT2D eigenvalue weighted by Gasteiger charge is -2.11. The summed E-state index contributed by atoms with van der Waals surface area (Å²) in [5.41, 5.74) is 2.23. The van der Waals surface area contributed by atoms with E-state index in [0.717, 1.165) is 40.9 Å². The van der Waals surface area contributed by atoms with E-state index in [1.165, 1.54) is 5.56 Å². The summed E-state index contributed by atoms with van der Waals surface area (Å²) in [6, 6.07) is 15.7. The summed E-state index contributed by atoms with van der Waals surface area (Å²) in [6.07, 6.45) is 2.77. The van der Waals surface area contributed by atoms with E-state index in [-0.39, 0.29) is 0 Å². The number of thioether (sulfide) groups is 1. The van der Waals surface area contributed by atoms with Gasteiger partial charge in [-0.3, -0.25) is 0 Å². The zero-order valence-electron chi connectivity index (χ0n) is 14.5. The van der Waals surface area contributed by atoms with Crippen LogP contribution in [-0.2, 0) is 5.75 Å².